The number of amides is 3. The Hall–Kier alpha value is -1.62. The Morgan fingerprint density at radius 3 is 2.63 bits per heavy atom. The molecule has 0 aromatic heterocycles. The Bertz CT molecular complexity index is 570. The largest absolute Gasteiger partial charge is 0.325 e. The Morgan fingerprint density at radius 1 is 1.42 bits per heavy atom. The maximum absolute atomic E-state index is 12.5. The molecule has 100 valence electrons. The summed E-state index contributed by atoms with van der Waals surface area (Å²) in [6, 6.07) is 7.00. The van der Waals surface area contributed by atoms with E-state index in [1.807, 2.05) is 24.3 Å². The van der Waals surface area contributed by atoms with Gasteiger partial charge >= 0.3 is 6.03 Å². The second kappa shape index (κ2) is 4.81. The molecular weight excluding hydrogens is 308 g/mol. The number of carbonyl (C=O) groups is 2. The molecule has 1 fully saturated rings. The predicted octanol–water partition coefficient (Wildman–Crippen LogP) is 2.79. The van der Waals surface area contributed by atoms with Crippen LogP contribution in [-0.2, 0) is 10.3 Å². The van der Waals surface area contributed by atoms with Gasteiger partial charge in [-0.05, 0) is 19.9 Å². The van der Waals surface area contributed by atoms with Crippen molar-refractivity contribution in [3.63, 3.8) is 0 Å². The molecule has 1 aliphatic rings. The third-order valence-corrected chi connectivity index (χ3v) is 3.81. The molecule has 0 radical (unpaired) electrons. The average molecular weight is 323 g/mol. The van der Waals surface area contributed by atoms with Gasteiger partial charge in [-0.15, -0.1) is 0 Å². The SMILES string of the molecule is C=C(C)CN1C(=O)N[C@@](C)(c2ccccc2Br)C1=O. The van der Waals surface area contributed by atoms with Crippen molar-refractivity contribution in [3.05, 3.63) is 46.5 Å². The van der Waals surface area contributed by atoms with Crippen LogP contribution < -0.4 is 5.32 Å². The van der Waals surface area contributed by atoms with Gasteiger partial charge in [0.05, 0.1) is 6.54 Å². The van der Waals surface area contributed by atoms with Crippen molar-refractivity contribution in [1.29, 1.82) is 0 Å². The summed E-state index contributed by atoms with van der Waals surface area (Å²) in [5.41, 5.74) is 0.476. The van der Waals surface area contributed by atoms with E-state index in [4.69, 9.17) is 0 Å². The van der Waals surface area contributed by atoms with Gasteiger partial charge in [0, 0.05) is 10.0 Å². The standard InChI is InChI=1S/C14H15BrN2O2/c1-9(2)8-17-12(18)14(3,16-13(17)19)10-6-4-5-7-11(10)15/h4-7H,1,8H2,2-3H3,(H,16,19)/t14-/m0/s1. The Kier molecular flexibility index (Phi) is 3.49. The molecule has 0 saturated carbocycles. The van der Waals surface area contributed by atoms with E-state index in [9.17, 15) is 9.59 Å². The van der Waals surface area contributed by atoms with Crippen molar-refractivity contribution >= 4 is 27.9 Å². The van der Waals surface area contributed by atoms with Crippen LogP contribution in [0.1, 0.15) is 19.4 Å². The van der Waals surface area contributed by atoms with Crippen LogP contribution in [0.3, 0.4) is 0 Å². The topological polar surface area (TPSA) is 49.4 Å². The van der Waals surface area contributed by atoms with Crippen molar-refractivity contribution in [1.82, 2.24) is 10.2 Å². The van der Waals surface area contributed by atoms with Gasteiger partial charge in [0.2, 0.25) is 0 Å². The Balaban J connectivity index is 2.41. The van der Waals surface area contributed by atoms with Crippen LogP contribution in [-0.4, -0.2) is 23.4 Å². The quantitative estimate of drug-likeness (QED) is 0.687. The summed E-state index contributed by atoms with van der Waals surface area (Å²) in [6.45, 7) is 7.48. The van der Waals surface area contributed by atoms with Crippen molar-refractivity contribution < 1.29 is 9.59 Å². The van der Waals surface area contributed by atoms with Crippen LogP contribution in [0.5, 0.6) is 0 Å². The smallest absolute Gasteiger partial charge is 0.319 e. The van der Waals surface area contributed by atoms with Gasteiger partial charge in [-0.3, -0.25) is 9.69 Å². The van der Waals surface area contributed by atoms with E-state index in [1.165, 1.54) is 4.90 Å². The first-order valence-corrected chi connectivity index (χ1v) is 6.69. The van der Waals surface area contributed by atoms with Gasteiger partial charge in [-0.25, -0.2) is 4.79 Å². The highest BCUT2D eigenvalue weighted by molar-refractivity contribution is 9.10. The minimum Gasteiger partial charge on any atom is -0.319 e. The monoisotopic (exact) mass is 322 g/mol. The zero-order chi connectivity index (χ0) is 14.2. The maximum Gasteiger partial charge on any atom is 0.325 e. The molecule has 0 bridgehead atoms. The highest BCUT2D eigenvalue weighted by Crippen LogP contribution is 2.33. The summed E-state index contributed by atoms with van der Waals surface area (Å²) in [4.78, 5) is 25.7. The van der Waals surface area contributed by atoms with Crippen LogP contribution in [0, 0.1) is 0 Å². The molecule has 3 amide bonds. The zero-order valence-electron chi connectivity index (χ0n) is 10.9. The first-order chi connectivity index (χ1) is 8.86. The lowest BCUT2D eigenvalue weighted by Crippen LogP contribution is -2.41. The number of hydrogen-bond acceptors (Lipinski definition) is 2. The fourth-order valence-corrected chi connectivity index (χ4v) is 2.84. The van der Waals surface area contributed by atoms with Gasteiger partial charge in [-0.1, -0.05) is 46.3 Å². The fourth-order valence-electron chi connectivity index (χ4n) is 2.16. The fraction of sp³-hybridized carbons (Fsp3) is 0.286. The third kappa shape index (κ3) is 2.30. The van der Waals surface area contributed by atoms with Gasteiger partial charge < -0.3 is 5.32 Å². The number of halogens is 1. The minimum atomic E-state index is -1.04. The molecule has 1 saturated heterocycles. The molecule has 0 unspecified atom stereocenters. The highest BCUT2D eigenvalue weighted by Gasteiger charge is 2.49. The van der Waals surface area contributed by atoms with Crippen molar-refractivity contribution in [2.45, 2.75) is 19.4 Å². The number of imide groups is 1. The lowest BCUT2D eigenvalue weighted by molar-refractivity contribution is -0.130. The molecular formula is C14H15BrN2O2. The lowest BCUT2D eigenvalue weighted by Gasteiger charge is -2.23. The molecule has 2 rings (SSSR count). The van der Waals surface area contributed by atoms with Crippen LogP contribution in [0.4, 0.5) is 4.79 Å². The van der Waals surface area contributed by atoms with Gasteiger partial charge in [0.1, 0.15) is 5.54 Å². The number of carbonyl (C=O) groups excluding carboxylic acids is 2. The number of rotatable bonds is 3. The number of urea groups is 1. The van der Waals surface area contributed by atoms with Crippen LogP contribution in [0.25, 0.3) is 0 Å². The number of benzene rings is 1. The van der Waals surface area contributed by atoms with Crippen LogP contribution >= 0.6 is 15.9 Å². The predicted molar refractivity (Wildman–Crippen MR) is 76.6 cm³/mol. The van der Waals surface area contributed by atoms with E-state index in [0.717, 1.165) is 15.6 Å². The normalized spacial score (nSPS) is 22.6. The molecule has 5 heteroatoms. The molecule has 1 aromatic rings. The van der Waals surface area contributed by atoms with E-state index >= 15 is 0 Å². The maximum atomic E-state index is 12.5. The van der Waals surface area contributed by atoms with E-state index in [0.29, 0.717) is 0 Å². The Morgan fingerprint density at radius 2 is 2.05 bits per heavy atom. The highest BCUT2D eigenvalue weighted by atomic mass is 79.9. The molecule has 4 nitrogen and oxygen atoms in total. The summed E-state index contributed by atoms with van der Waals surface area (Å²) in [5, 5.41) is 2.76. The van der Waals surface area contributed by atoms with E-state index in [2.05, 4.69) is 27.8 Å². The molecule has 1 N–H and O–H groups in total. The van der Waals surface area contributed by atoms with Crippen molar-refractivity contribution in [2.75, 3.05) is 6.54 Å². The molecule has 1 heterocycles. The van der Waals surface area contributed by atoms with Gasteiger partial charge in [-0.2, -0.15) is 0 Å². The molecule has 19 heavy (non-hydrogen) atoms. The minimum absolute atomic E-state index is 0.241. The zero-order valence-corrected chi connectivity index (χ0v) is 12.5. The molecule has 0 aliphatic carbocycles. The van der Waals surface area contributed by atoms with Crippen molar-refractivity contribution in [2.24, 2.45) is 0 Å². The van der Waals surface area contributed by atoms with Gasteiger partial charge in [0.15, 0.2) is 0 Å². The summed E-state index contributed by atoms with van der Waals surface area (Å²) < 4.78 is 0.795. The number of nitrogens with zero attached hydrogens (tertiary/aromatic N) is 1. The Labute approximate surface area is 120 Å². The first kappa shape index (κ1) is 13.8. The number of nitrogens with one attached hydrogen (secondary N) is 1. The summed E-state index contributed by atoms with van der Waals surface area (Å²) >= 11 is 3.42. The second-order valence-electron chi connectivity index (χ2n) is 4.88. The number of hydrogen-bond donors (Lipinski definition) is 1. The third-order valence-electron chi connectivity index (χ3n) is 3.12. The van der Waals surface area contributed by atoms with E-state index < -0.39 is 5.54 Å². The van der Waals surface area contributed by atoms with Crippen LogP contribution in [0.2, 0.25) is 0 Å². The van der Waals surface area contributed by atoms with E-state index in [-0.39, 0.29) is 18.5 Å². The first-order valence-electron chi connectivity index (χ1n) is 5.90. The molecule has 1 aliphatic heterocycles. The summed E-state index contributed by atoms with van der Waals surface area (Å²) in [5.74, 6) is -0.257. The molecule has 0 spiro atoms. The molecule has 1 aromatic carbocycles. The lowest BCUT2D eigenvalue weighted by atomic mass is 9.92. The van der Waals surface area contributed by atoms with Gasteiger partial charge in [0.25, 0.3) is 5.91 Å². The van der Waals surface area contributed by atoms with E-state index in [1.54, 1.807) is 13.8 Å². The second-order valence-corrected chi connectivity index (χ2v) is 5.74. The average Bonchev–Trinajstić information content (AvgIpc) is 2.54. The van der Waals surface area contributed by atoms with Crippen molar-refractivity contribution in [3.8, 4) is 0 Å². The summed E-state index contributed by atoms with van der Waals surface area (Å²) in [6.07, 6.45) is 0. The summed E-state index contributed by atoms with van der Waals surface area (Å²) in [7, 11) is 0. The van der Waals surface area contributed by atoms with Crippen LogP contribution in [0.15, 0.2) is 40.9 Å². The molecule has 1 atom stereocenters.